The van der Waals surface area contributed by atoms with Crippen LogP contribution >= 0.6 is 0 Å². The van der Waals surface area contributed by atoms with E-state index >= 15 is 0 Å². The first kappa shape index (κ1) is 17.2. The summed E-state index contributed by atoms with van der Waals surface area (Å²) in [7, 11) is -3.79. The average molecular weight is 362 g/mol. The van der Waals surface area contributed by atoms with E-state index in [4.69, 9.17) is 5.11 Å². The summed E-state index contributed by atoms with van der Waals surface area (Å²) in [6.45, 7) is 1.47. The molecule has 8 heteroatoms. The highest BCUT2D eigenvalue weighted by Crippen LogP contribution is 2.28. The predicted molar refractivity (Wildman–Crippen MR) is 89.9 cm³/mol. The molecule has 1 aromatic heterocycles. The van der Waals surface area contributed by atoms with E-state index in [-0.39, 0.29) is 23.0 Å². The van der Waals surface area contributed by atoms with Crippen LogP contribution in [0.5, 0.6) is 0 Å². The van der Waals surface area contributed by atoms with Crippen LogP contribution in [-0.4, -0.2) is 46.9 Å². The first-order chi connectivity index (χ1) is 11.8. The van der Waals surface area contributed by atoms with E-state index in [2.05, 4.69) is 0 Å². The summed E-state index contributed by atoms with van der Waals surface area (Å²) in [5.41, 5.74) is 1.10. The number of carbonyl (C=O) groups excluding carboxylic acids is 1. The molecule has 25 heavy (non-hydrogen) atoms. The van der Waals surface area contributed by atoms with Crippen LogP contribution in [0.2, 0.25) is 0 Å². The van der Waals surface area contributed by atoms with Gasteiger partial charge in [-0.25, -0.2) is 12.4 Å². The molecule has 1 saturated carbocycles. The minimum atomic E-state index is -3.79. The quantitative estimate of drug-likeness (QED) is 0.844. The van der Waals surface area contributed by atoms with Gasteiger partial charge >= 0.3 is 5.97 Å². The number of aromatic nitrogens is 1. The van der Waals surface area contributed by atoms with Crippen molar-refractivity contribution < 1.29 is 23.1 Å². The van der Waals surface area contributed by atoms with Gasteiger partial charge in [-0.15, -0.1) is 0 Å². The lowest BCUT2D eigenvalue weighted by Gasteiger charge is -2.19. The SMILES string of the molecule is Cc1ccc(S(=O)(=O)n2ccc(C(=O)N(CC(=O)O)C3CC3)c2)cc1. The van der Waals surface area contributed by atoms with Crippen LogP contribution in [0, 0.1) is 6.92 Å². The fourth-order valence-electron chi connectivity index (χ4n) is 2.55. The molecular weight excluding hydrogens is 344 g/mol. The Morgan fingerprint density at radius 1 is 1.20 bits per heavy atom. The van der Waals surface area contributed by atoms with Gasteiger partial charge in [0.1, 0.15) is 6.54 Å². The zero-order valence-electron chi connectivity index (χ0n) is 13.6. The van der Waals surface area contributed by atoms with Gasteiger partial charge in [-0.1, -0.05) is 17.7 Å². The summed E-state index contributed by atoms with van der Waals surface area (Å²) in [6, 6.07) is 7.72. The van der Waals surface area contributed by atoms with Crippen molar-refractivity contribution >= 4 is 21.9 Å². The molecule has 1 aliphatic rings. The highest BCUT2D eigenvalue weighted by molar-refractivity contribution is 7.90. The van der Waals surface area contributed by atoms with E-state index in [0.717, 1.165) is 22.4 Å². The molecule has 1 aliphatic carbocycles. The topological polar surface area (TPSA) is 96.7 Å². The number of benzene rings is 1. The summed E-state index contributed by atoms with van der Waals surface area (Å²) in [4.78, 5) is 24.9. The summed E-state index contributed by atoms with van der Waals surface area (Å²) in [5, 5.41) is 8.97. The fraction of sp³-hybridized carbons (Fsp3) is 0.294. The number of rotatable bonds is 6. The van der Waals surface area contributed by atoms with Gasteiger partial charge in [0, 0.05) is 18.4 Å². The Morgan fingerprint density at radius 2 is 1.84 bits per heavy atom. The standard InChI is InChI=1S/C17H18N2O5S/c1-12-2-6-15(7-3-12)25(23,24)18-9-8-13(10-18)17(22)19(11-16(20)21)14-4-5-14/h2-3,6-10,14H,4-5,11H2,1H3,(H,20,21). The summed E-state index contributed by atoms with van der Waals surface area (Å²) in [5.74, 6) is -1.56. The maximum Gasteiger partial charge on any atom is 0.323 e. The zero-order chi connectivity index (χ0) is 18.2. The number of carboxylic acids is 1. The first-order valence-corrected chi connectivity index (χ1v) is 9.26. The Bertz CT molecular complexity index is 911. The highest BCUT2D eigenvalue weighted by Gasteiger charge is 2.34. The van der Waals surface area contributed by atoms with Crippen LogP contribution in [0.3, 0.4) is 0 Å². The van der Waals surface area contributed by atoms with Crippen molar-refractivity contribution in [3.8, 4) is 0 Å². The molecule has 2 aromatic rings. The molecule has 0 atom stereocenters. The summed E-state index contributed by atoms with van der Waals surface area (Å²) >= 11 is 0. The van der Waals surface area contributed by atoms with Crippen LogP contribution in [0.4, 0.5) is 0 Å². The van der Waals surface area contributed by atoms with Crippen LogP contribution in [-0.2, 0) is 14.8 Å². The van der Waals surface area contributed by atoms with Gasteiger partial charge in [0.05, 0.1) is 10.5 Å². The molecule has 0 aliphatic heterocycles. The molecule has 1 aromatic carbocycles. The van der Waals surface area contributed by atoms with Crippen molar-refractivity contribution in [3.05, 3.63) is 53.9 Å². The van der Waals surface area contributed by atoms with Gasteiger partial charge in [-0.2, -0.15) is 0 Å². The van der Waals surface area contributed by atoms with Crippen molar-refractivity contribution in [3.63, 3.8) is 0 Å². The second kappa shape index (κ2) is 6.36. The molecule has 132 valence electrons. The fourth-order valence-corrected chi connectivity index (χ4v) is 3.75. The zero-order valence-corrected chi connectivity index (χ0v) is 14.4. The van der Waals surface area contributed by atoms with Crippen LogP contribution < -0.4 is 0 Å². The first-order valence-electron chi connectivity index (χ1n) is 7.82. The Kier molecular flexibility index (Phi) is 4.38. The van der Waals surface area contributed by atoms with Crippen molar-refractivity contribution in [1.29, 1.82) is 0 Å². The summed E-state index contributed by atoms with van der Waals surface area (Å²) in [6.07, 6.45) is 4.06. The Morgan fingerprint density at radius 3 is 2.40 bits per heavy atom. The minimum absolute atomic E-state index is 0.0827. The van der Waals surface area contributed by atoms with Gasteiger partial charge in [-0.3, -0.25) is 9.59 Å². The second-order valence-corrected chi connectivity index (χ2v) is 7.95. The number of amides is 1. The molecule has 7 nitrogen and oxygen atoms in total. The van der Waals surface area contributed by atoms with E-state index in [1.54, 1.807) is 12.1 Å². The third-order valence-electron chi connectivity index (χ3n) is 4.06. The average Bonchev–Trinajstić information content (AvgIpc) is 3.27. The van der Waals surface area contributed by atoms with Gasteiger partial charge in [-0.05, 0) is 38.0 Å². The largest absolute Gasteiger partial charge is 0.480 e. The third-order valence-corrected chi connectivity index (χ3v) is 5.71. The molecular formula is C17H18N2O5S. The summed E-state index contributed by atoms with van der Waals surface area (Å²) < 4.78 is 26.2. The smallest absolute Gasteiger partial charge is 0.323 e. The van der Waals surface area contributed by atoms with Gasteiger partial charge in [0.15, 0.2) is 0 Å². The molecule has 0 bridgehead atoms. The van der Waals surface area contributed by atoms with Crippen LogP contribution in [0.25, 0.3) is 0 Å². The molecule has 3 rings (SSSR count). The molecule has 1 N–H and O–H groups in total. The van der Waals surface area contributed by atoms with Crippen molar-refractivity contribution in [2.45, 2.75) is 30.7 Å². The van der Waals surface area contributed by atoms with E-state index in [9.17, 15) is 18.0 Å². The second-order valence-electron chi connectivity index (χ2n) is 6.11. The van der Waals surface area contributed by atoms with Gasteiger partial charge in [0.25, 0.3) is 15.9 Å². The Hall–Kier alpha value is -2.61. The number of hydrogen-bond acceptors (Lipinski definition) is 4. The van der Waals surface area contributed by atoms with E-state index in [0.29, 0.717) is 0 Å². The number of carbonyl (C=O) groups is 2. The molecule has 0 saturated heterocycles. The van der Waals surface area contributed by atoms with Gasteiger partial charge in [0.2, 0.25) is 0 Å². The molecule has 1 fully saturated rings. The van der Waals surface area contributed by atoms with Crippen LogP contribution in [0.1, 0.15) is 28.8 Å². The predicted octanol–water partition coefficient (Wildman–Crippen LogP) is 1.72. The van der Waals surface area contributed by atoms with Gasteiger partial charge < -0.3 is 10.0 Å². The third kappa shape index (κ3) is 3.58. The molecule has 1 heterocycles. The number of aryl methyl sites for hydroxylation is 1. The van der Waals surface area contributed by atoms with E-state index in [1.807, 2.05) is 6.92 Å². The molecule has 0 radical (unpaired) electrons. The maximum atomic E-state index is 12.6. The van der Waals surface area contributed by atoms with E-state index in [1.165, 1.54) is 35.5 Å². The number of aliphatic carboxylic acids is 1. The molecule has 0 unspecified atom stereocenters. The normalized spacial score (nSPS) is 14.3. The Labute approximate surface area is 145 Å². The molecule has 1 amide bonds. The lowest BCUT2D eigenvalue weighted by Crippen LogP contribution is -2.37. The number of hydrogen-bond donors (Lipinski definition) is 1. The molecule has 0 spiro atoms. The lowest BCUT2D eigenvalue weighted by molar-refractivity contribution is -0.137. The monoisotopic (exact) mass is 362 g/mol. The number of carboxylic acid groups (broad SMARTS) is 1. The van der Waals surface area contributed by atoms with E-state index < -0.39 is 21.9 Å². The van der Waals surface area contributed by atoms with Crippen molar-refractivity contribution in [1.82, 2.24) is 8.87 Å². The maximum absolute atomic E-state index is 12.6. The highest BCUT2D eigenvalue weighted by atomic mass is 32.2. The Balaban J connectivity index is 1.87. The van der Waals surface area contributed by atoms with Crippen molar-refractivity contribution in [2.75, 3.05) is 6.54 Å². The number of nitrogens with zero attached hydrogens (tertiary/aromatic N) is 2. The van der Waals surface area contributed by atoms with Crippen molar-refractivity contribution in [2.24, 2.45) is 0 Å². The minimum Gasteiger partial charge on any atom is -0.480 e. The lowest BCUT2D eigenvalue weighted by atomic mass is 10.2. The van der Waals surface area contributed by atoms with Crippen LogP contribution in [0.15, 0.2) is 47.6 Å².